The Morgan fingerprint density at radius 2 is 2.04 bits per heavy atom. The van der Waals surface area contributed by atoms with Crippen molar-refractivity contribution in [3.8, 4) is 11.5 Å². The van der Waals surface area contributed by atoms with Gasteiger partial charge in [0.25, 0.3) is 0 Å². The first kappa shape index (κ1) is 19.1. The maximum absolute atomic E-state index is 12.1. The van der Waals surface area contributed by atoms with Crippen molar-refractivity contribution < 1.29 is 19.0 Å². The maximum Gasteiger partial charge on any atom is 0.234 e. The van der Waals surface area contributed by atoms with Crippen LogP contribution in [0.4, 0.5) is 5.69 Å². The molecule has 0 spiro atoms. The summed E-state index contributed by atoms with van der Waals surface area (Å²) in [5.41, 5.74) is 1.62. The summed E-state index contributed by atoms with van der Waals surface area (Å²) in [6, 6.07) is 11.0. The number of rotatable bonds is 10. The second-order valence-corrected chi connectivity index (χ2v) is 6.05. The largest absolute Gasteiger partial charge is 0.493 e. The number of hydrogen-bond acceptors (Lipinski definition) is 6. The number of amides is 1. The molecule has 2 rings (SSSR count). The van der Waals surface area contributed by atoms with Gasteiger partial charge in [0.2, 0.25) is 5.91 Å². The van der Waals surface area contributed by atoms with Crippen molar-refractivity contribution in [3.63, 3.8) is 0 Å². The third-order valence-electron chi connectivity index (χ3n) is 3.20. The highest BCUT2D eigenvalue weighted by Gasteiger charge is 2.09. The zero-order valence-electron chi connectivity index (χ0n) is 14.4. The van der Waals surface area contributed by atoms with Gasteiger partial charge in [0.15, 0.2) is 11.5 Å². The van der Waals surface area contributed by atoms with Gasteiger partial charge in [-0.3, -0.25) is 9.78 Å². The second kappa shape index (κ2) is 10.6. The van der Waals surface area contributed by atoms with E-state index in [-0.39, 0.29) is 5.91 Å². The average Bonchev–Trinajstić information content (AvgIpc) is 2.63. The van der Waals surface area contributed by atoms with Crippen molar-refractivity contribution in [2.45, 2.75) is 5.75 Å². The van der Waals surface area contributed by atoms with Gasteiger partial charge in [-0.2, -0.15) is 0 Å². The van der Waals surface area contributed by atoms with Crippen LogP contribution in [-0.4, -0.2) is 44.1 Å². The van der Waals surface area contributed by atoms with Gasteiger partial charge in [0.1, 0.15) is 6.61 Å². The predicted molar refractivity (Wildman–Crippen MR) is 99.4 cm³/mol. The van der Waals surface area contributed by atoms with E-state index in [0.717, 1.165) is 5.69 Å². The highest BCUT2D eigenvalue weighted by atomic mass is 32.2. The molecule has 1 amide bonds. The lowest BCUT2D eigenvalue weighted by Crippen LogP contribution is -2.14. The lowest BCUT2D eigenvalue weighted by molar-refractivity contribution is -0.113. The minimum absolute atomic E-state index is 0.0751. The Bertz CT molecular complexity index is 667. The Labute approximate surface area is 151 Å². The summed E-state index contributed by atoms with van der Waals surface area (Å²) in [5, 5.41) is 2.86. The van der Waals surface area contributed by atoms with Gasteiger partial charge in [0.05, 0.1) is 25.2 Å². The molecular formula is C18H22N2O4S. The van der Waals surface area contributed by atoms with Crippen molar-refractivity contribution >= 4 is 23.4 Å². The monoisotopic (exact) mass is 362 g/mol. The van der Waals surface area contributed by atoms with Crippen molar-refractivity contribution in [1.29, 1.82) is 0 Å². The number of thioether (sulfide) groups is 1. The van der Waals surface area contributed by atoms with E-state index in [1.165, 1.54) is 11.8 Å². The van der Waals surface area contributed by atoms with Crippen LogP contribution in [0.1, 0.15) is 5.69 Å². The third kappa shape index (κ3) is 6.64. The SMILES string of the molecule is COCCOc1cc(NC(=O)CSCc2ccccn2)ccc1OC. The van der Waals surface area contributed by atoms with E-state index in [9.17, 15) is 4.79 Å². The summed E-state index contributed by atoms with van der Waals surface area (Å²) >= 11 is 1.52. The van der Waals surface area contributed by atoms with Crippen LogP contribution in [0.3, 0.4) is 0 Å². The molecule has 0 atom stereocenters. The quantitative estimate of drug-likeness (QED) is 0.655. The molecule has 0 fully saturated rings. The fourth-order valence-corrected chi connectivity index (χ4v) is 2.77. The topological polar surface area (TPSA) is 69.7 Å². The number of nitrogens with zero attached hydrogens (tertiary/aromatic N) is 1. The first-order valence-electron chi connectivity index (χ1n) is 7.80. The Morgan fingerprint density at radius 1 is 1.16 bits per heavy atom. The molecule has 0 aliphatic heterocycles. The maximum atomic E-state index is 12.1. The lowest BCUT2D eigenvalue weighted by atomic mass is 10.2. The number of aromatic nitrogens is 1. The van der Waals surface area contributed by atoms with Gasteiger partial charge in [0, 0.05) is 30.8 Å². The number of carbonyl (C=O) groups is 1. The summed E-state index contributed by atoms with van der Waals surface area (Å²) in [5.74, 6) is 2.15. The number of benzene rings is 1. The molecule has 0 bridgehead atoms. The minimum Gasteiger partial charge on any atom is -0.493 e. The average molecular weight is 362 g/mol. The van der Waals surface area contributed by atoms with E-state index in [1.807, 2.05) is 18.2 Å². The zero-order chi connectivity index (χ0) is 17.9. The third-order valence-corrected chi connectivity index (χ3v) is 4.17. The van der Waals surface area contributed by atoms with Gasteiger partial charge >= 0.3 is 0 Å². The van der Waals surface area contributed by atoms with Crippen LogP contribution in [-0.2, 0) is 15.3 Å². The van der Waals surface area contributed by atoms with Gasteiger partial charge < -0.3 is 19.5 Å². The van der Waals surface area contributed by atoms with E-state index in [4.69, 9.17) is 14.2 Å². The van der Waals surface area contributed by atoms with Crippen molar-refractivity contribution in [1.82, 2.24) is 4.98 Å². The fourth-order valence-electron chi connectivity index (χ4n) is 2.03. The Balaban J connectivity index is 1.85. The van der Waals surface area contributed by atoms with Crippen molar-refractivity contribution in [3.05, 3.63) is 48.3 Å². The van der Waals surface area contributed by atoms with E-state index >= 15 is 0 Å². The second-order valence-electron chi connectivity index (χ2n) is 5.07. The Kier molecular flexibility index (Phi) is 8.08. The van der Waals surface area contributed by atoms with Gasteiger partial charge in [-0.25, -0.2) is 0 Å². The smallest absolute Gasteiger partial charge is 0.234 e. The summed E-state index contributed by atoms with van der Waals surface area (Å²) < 4.78 is 15.8. The normalized spacial score (nSPS) is 10.3. The summed E-state index contributed by atoms with van der Waals surface area (Å²) in [7, 11) is 3.19. The number of carbonyl (C=O) groups excluding carboxylic acids is 1. The van der Waals surface area contributed by atoms with Crippen LogP contribution in [0.5, 0.6) is 11.5 Å². The minimum atomic E-state index is -0.0751. The molecule has 0 saturated heterocycles. The number of anilines is 1. The van der Waals surface area contributed by atoms with E-state index < -0.39 is 0 Å². The van der Waals surface area contributed by atoms with Crippen molar-refractivity contribution in [2.24, 2.45) is 0 Å². The standard InChI is InChI=1S/C18H22N2O4S/c1-22-9-10-24-17-11-14(6-7-16(17)23-2)20-18(21)13-25-12-15-5-3-4-8-19-15/h3-8,11H,9-10,12-13H2,1-2H3,(H,20,21). The zero-order valence-corrected chi connectivity index (χ0v) is 15.2. The Morgan fingerprint density at radius 3 is 2.76 bits per heavy atom. The molecule has 1 aromatic heterocycles. The predicted octanol–water partition coefficient (Wildman–Crippen LogP) is 2.99. The molecule has 1 N–H and O–H groups in total. The molecule has 1 heterocycles. The summed E-state index contributed by atoms with van der Waals surface area (Å²) in [6.07, 6.45) is 1.75. The number of ether oxygens (including phenoxy) is 3. The molecule has 1 aromatic carbocycles. The molecule has 25 heavy (non-hydrogen) atoms. The molecule has 134 valence electrons. The first-order chi connectivity index (χ1) is 12.2. The molecule has 0 saturated carbocycles. The molecule has 0 unspecified atom stereocenters. The molecular weight excluding hydrogens is 340 g/mol. The van der Waals surface area contributed by atoms with Crippen LogP contribution < -0.4 is 14.8 Å². The lowest BCUT2D eigenvalue weighted by Gasteiger charge is -2.12. The molecule has 0 radical (unpaired) electrons. The van der Waals surface area contributed by atoms with Gasteiger partial charge in [-0.15, -0.1) is 11.8 Å². The molecule has 0 aliphatic rings. The molecule has 6 nitrogen and oxygen atoms in total. The van der Waals surface area contributed by atoms with E-state index in [0.29, 0.717) is 41.9 Å². The number of nitrogens with one attached hydrogen (secondary N) is 1. The van der Waals surface area contributed by atoms with Gasteiger partial charge in [-0.05, 0) is 24.3 Å². The van der Waals surface area contributed by atoms with E-state index in [2.05, 4.69) is 10.3 Å². The molecule has 7 heteroatoms. The fraction of sp³-hybridized carbons (Fsp3) is 0.333. The van der Waals surface area contributed by atoms with Crippen LogP contribution >= 0.6 is 11.8 Å². The van der Waals surface area contributed by atoms with Crippen LogP contribution in [0.2, 0.25) is 0 Å². The first-order valence-corrected chi connectivity index (χ1v) is 8.95. The molecule has 2 aromatic rings. The van der Waals surface area contributed by atoms with Gasteiger partial charge in [-0.1, -0.05) is 6.07 Å². The van der Waals surface area contributed by atoms with E-state index in [1.54, 1.807) is 38.6 Å². The summed E-state index contributed by atoms with van der Waals surface area (Å²) in [4.78, 5) is 16.3. The highest BCUT2D eigenvalue weighted by molar-refractivity contribution is 7.99. The summed E-state index contributed by atoms with van der Waals surface area (Å²) in [6.45, 7) is 0.883. The number of methoxy groups -OCH3 is 2. The highest BCUT2D eigenvalue weighted by Crippen LogP contribution is 2.30. The Hall–Kier alpha value is -2.25. The van der Waals surface area contributed by atoms with Crippen LogP contribution in [0.25, 0.3) is 0 Å². The number of pyridine rings is 1. The number of hydrogen-bond donors (Lipinski definition) is 1. The van der Waals surface area contributed by atoms with Crippen LogP contribution in [0.15, 0.2) is 42.6 Å². The van der Waals surface area contributed by atoms with Crippen LogP contribution in [0, 0.1) is 0 Å². The van der Waals surface area contributed by atoms with Crippen molar-refractivity contribution in [2.75, 3.05) is 38.5 Å². The molecule has 0 aliphatic carbocycles.